The highest BCUT2D eigenvalue weighted by Crippen LogP contribution is 2.29. The first-order chi connectivity index (χ1) is 20.7. The molecular weight excluding hydrogens is 583 g/mol. The third kappa shape index (κ3) is 10.5. The number of nitrogens with zero attached hydrogens (tertiary/aromatic N) is 4. The Morgan fingerprint density at radius 3 is 2.12 bits per heavy atom. The molecule has 2 aromatic carbocycles. The maximum absolute atomic E-state index is 13.0. The number of hydrogen-bond donors (Lipinski definition) is 2. The van der Waals surface area contributed by atoms with Gasteiger partial charge in [0.2, 0.25) is 0 Å². The van der Waals surface area contributed by atoms with Gasteiger partial charge in [0.05, 0.1) is 5.69 Å². The zero-order valence-electron chi connectivity index (χ0n) is 25.9. The van der Waals surface area contributed by atoms with Crippen molar-refractivity contribution in [3.05, 3.63) is 60.2 Å². The van der Waals surface area contributed by atoms with Crippen LogP contribution in [0.4, 0.5) is 11.4 Å². The first-order valence-corrected chi connectivity index (χ1v) is 18.4. The molecule has 1 aliphatic carbocycles. The minimum absolute atomic E-state index is 0.410. The Balaban J connectivity index is 1.25. The van der Waals surface area contributed by atoms with Gasteiger partial charge in [0.1, 0.15) is 0 Å². The lowest BCUT2D eigenvalue weighted by atomic mass is 9.89. The summed E-state index contributed by atoms with van der Waals surface area (Å²) in [6.07, 6.45) is 9.51. The van der Waals surface area contributed by atoms with Crippen molar-refractivity contribution in [3.63, 3.8) is 0 Å². The van der Waals surface area contributed by atoms with Crippen LogP contribution in [0, 0.1) is 5.92 Å². The third-order valence-electron chi connectivity index (χ3n) is 8.92. The molecule has 11 heteroatoms. The molecule has 2 fully saturated rings. The van der Waals surface area contributed by atoms with Crippen molar-refractivity contribution in [2.75, 3.05) is 69.1 Å². The van der Waals surface area contributed by atoms with E-state index in [2.05, 4.69) is 21.8 Å². The second-order valence-corrected chi connectivity index (χ2v) is 14.9. The fourth-order valence-electron chi connectivity index (χ4n) is 6.43. The Kier molecular flexibility index (Phi) is 13.3. The van der Waals surface area contributed by atoms with E-state index >= 15 is 0 Å². The molecule has 0 radical (unpaired) electrons. The van der Waals surface area contributed by atoms with E-state index in [-0.39, 0.29) is 0 Å². The average Bonchev–Trinajstić information content (AvgIpc) is 3.02. The van der Waals surface area contributed by atoms with E-state index in [1.54, 1.807) is 4.31 Å². The third-order valence-corrected chi connectivity index (χ3v) is 11.3. The second kappa shape index (κ2) is 16.9. The zero-order chi connectivity index (χ0) is 30.7. The summed E-state index contributed by atoms with van der Waals surface area (Å²) in [4.78, 5) is 4.43. The molecule has 9 nitrogen and oxygen atoms in total. The van der Waals surface area contributed by atoms with E-state index in [9.17, 15) is 17.2 Å². The Labute approximate surface area is 262 Å². The summed E-state index contributed by atoms with van der Waals surface area (Å²) in [7, 11) is 0.442. The molecule has 2 N–H and O–H groups in total. The Morgan fingerprint density at radius 2 is 1.49 bits per heavy atom. The minimum Gasteiger partial charge on any atom is -0.378 e. The molecule has 1 heterocycles. The van der Waals surface area contributed by atoms with Crippen LogP contribution in [0.25, 0.3) is 0 Å². The first kappa shape index (κ1) is 33.9. The van der Waals surface area contributed by atoms with E-state index in [1.807, 2.05) is 61.5 Å². The summed E-state index contributed by atoms with van der Waals surface area (Å²) in [5.74, 6) is 1.08. The molecule has 1 atom stereocenters. The van der Waals surface area contributed by atoms with Gasteiger partial charge in [0.15, 0.2) is 0 Å². The number of piperidine rings is 1. The van der Waals surface area contributed by atoms with Gasteiger partial charge in [-0.3, -0.25) is 8.86 Å². The number of hydrogen-bond acceptors (Lipinski definition) is 5. The van der Waals surface area contributed by atoms with Crippen LogP contribution in [0.3, 0.4) is 0 Å². The molecule has 43 heavy (non-hydrogen) atoms. The first-order valence-electron chi connectivity index (χ1n) is 15.9. The van der Waals surface area contributed by atoms with Crippen LogP contribution in [0.2, 0.25) is 0 Å². The number of nitrogens with one attached hydrogen (secondary N) is 1. The molecular formula is C32H51N5O4S2. The molecule has 2 aromatic rings. The fourth-order valence-corrected chi connectivity index (χ4v) is 8.30. The van der Waals surface area contributed by atoms with Crippen molar-refractivity contribution >= 4 is 32.9 Å². The summed E-state index contributed by atoms with van der Waals surface area (Å²) >= 11 is -2.11. The van der Waals surface area contributed by atoms with E-state index in [0.29, 0.717) is 38.0 Å². The van der Waals surface area contributed by atoms with Gasteiger partial charge in [0, 0.05) is 52.5 Å². The molecule has 1 saturated carbocycles. The van der Waals surface area contributed by atoms with Crippen LogP contribution < -0.4 is 13.9 Å². The van der Waals surface area contributed by atoms with Crippen molar-refractivity contribution in [1.82, 2.24) is 13.9 Å². The highest BCUT2D eigenvalue weighted by molar-refractivity contribution is 7.87. The molecule has 0 bridgehead atoms. The largest absolute Gasteiger partial charge is 0.378 e. The molecule has 1 unspecified atom stereocenters. The Bertz CT molecular complexity index is 1220. The second-order valence-electron chi connectivity index (χ2n) is 12.2. The molecule has 0 aromatic heterocycles. The number of anilines is 2. The van der Waals surface area contributed by atoms with Gasteiger partial charge < -0.3 is 9.80 Å². The molecule has 0 spiro atoms. The molecule has 2 aliphatic rings. The summed E-state index contributed by atoms with van der Waals surface area (Å²) in [6, 6.07) is 18.1. The molecule has 0 amide bonds. The average molecular weight is 634 g/mol. The smallest absolute Gasteiger partial charge is 0.279 e. The monoisotopic (exact) mass is 633 g/mol. The van der Waals surface area contributed by atoms with Gasteiger partial charge in [-0.2, -0.15) is 12.7 Å². The van der Waals surface area contributed by atoms with Gasteiger partial charge in [-0.25, -0.2) is 8.93 Å². The van der Waals surface area contributed by atoms with Gasteiger partial charge in [0.25, 0.3) is 21.5 Å². The topological polar surface area (TPSA) is 96.4 Å². The Morgan fingerprint density at radius 1 is 0.860 bits per heavy atom. The van der Waals surface area contributed by atoms with Crippen LogP contribution in [0.1, 0.15) is 69.3 Å². The van der Waals surface area contributed by atoms with Crippen molar-refractivity contribution < 1.29 is 17.2 Å². The molecule has 1 saturated heterocycles. The summed E-state index contributed by atoms with van der Waals surface area (Å²) in [5.41, 5.74) is 3.06. The highest BCUT2D eigenvalue weighted by atomic mass is 32.2. The Hall–Kier alpha value is -2.02. The maximum atomic E-state index is 13.0. The van der Waals surface area contributed by atoms with E-state index < -0.39 is 21.5 Å². The quantitative estimate of drug-likeness (QED) is 0.198. The summed E-state index contributed by atoms with van der Waals surface area (Å²) < 4.78 is 54.2. The maximum Gasteiger partial charge on any atom is 0.279 e. The van der Waals surface area contributed by atoms with E-state index in [1.165, 1.54) is 42.0 Å². The summed E-state index contributed by atoms with van der Waals surface area (Å²) in [5, 5.41) is 0. The van der Waals surface area contributed by atoms with Crippen LogP contribution in [-0.4, -0.2) is 86.3 Å². The van der Waals surface area contributed by atoms with Gasteiger partial charge in [-0.05, 0) is 93.3 Å². The fraction of sp³-hybridized carbons (Fsp3) is 0.625. The molecule has 4 rings (SSSR count). The summed E-state index contributed by atoms with van der Waals surface area (Å²) in [6.45, 7) is 4.57. The minimum atomic E-state index is -3.50. The van der Waals surface area contributed by atoms with Crippen molar-refractivity contribution in [2.45, 2.75) is 63.7 Å². The van der Waals surface area contributed by atoms with Crippen molar-refractivity contribution in [1.29, 1.82) is 0 Å². The number of rotatable bonds is 16. The molecule has 1 aliphatic heterocycles. The van der Waals surface area contributed by atoms with E-state index in [0.717, 1.165) is 56.7 Å². The SMILES string of the molecule is CN(C)c1ccc(N(CCCN(CCCNS(=O)(=O)N2CCC(c3ccccc3)CC2)CC2CCCCC2)S(=O)O)cc1. The molecule has 240 valence electrons. The van der Waals surface area contributed by atoms with Crippen LogP contribution >= 0.6 is 0 Å². The zero-order valence-corrected chi connectivity index (χ0v) is 27.6. The van der Waals surface area contributed by atoms with Gasteiger partial charge >= 0.3 is 0 Å². The predicted octanol–water partition coefficient (Wildman–Crippen LogP) is 5.07. The highest BCUT2D eigenvalue weighted by Gasteiger charge is 2.28. The van der Waals surface area contributed by atoms with Crippen LogP contribution in [0.5, 0.6) is 0 Å². The van der Waals surface area contributed by atoms with Crippen molar-refractivity contribution in [3.8, 4) is 0 Å². The normalized spacial score (nSPS) is 18.1. The lowest BCUT2D eigenvalue weighted by Gasteiger charge is -2.32. The predicted molar refractivity (Wildman–Crippen MR) is 178 cm³/mol. The van der Waals surface area contributed by atoms with Gasteiger partial charge in [-0.1, -0.05) is 49.6 Å². The number of benzene rings is 2. The lowest BCUT2D eigenvalue weighted by molar-refractivity contribution is 0.198. The van der Waals surface area contributed by atoms with Crippen molar-refractivity contribution in [2.24, 2.45) is 5.92 Å². The van der Waals surface area contributed by atoms with E-state index in [4.69, 9.17) is 0 Å². The van der Waals surface area contributed by atoms with Crippen LogP contribution in [-0.2, 0) is 21.5 Å². The van der Waals surface area contributed by atoms with Gasteiger partial charge in [-0.15, -0.1) is 0 Å². The van der Waals surface area contributed by atoms with Crippen LogP contribution in [0.15, 0.2) is 54.6 Å². The standard InChI is InChI=1S/C32H51N5O4S2/c1-34(2)31-15-17-32(18-16-31)37(42(38)39)24-10-23-35(27-28-11-5-3-6-12-28)22-9-21-33-43(40,41)36-25-19-30(20-26-36)29-13-7-4-8-14-29/h4,7-8,13-18,28,30,33H,3,5-6,9-12,19-27H2,1-2H3,(H,38,39). The lowest BCUT2D eigenvalue weighted by Crippen LogP contribution is -2.45.